The molecule has 0 fully saturated rings. The van der Waals surface area contributed by atoms with Gasteiger partial charge >= 0.3 is 11.9 Å². The minimum Gasteiger partial charge on any atom is -0.469 e. The fourth-order valence-electron chi connectivity index (χ4n) is 1.28. The molecule has 6 nitrogen and oxygen atoms in total. The van der Waals surface area contributed by atoms with E-state index in [-0.39, 0.29) is 5.97 Å². The van der Waals surface area contributed by atoms with Gasteiger partial charge in [-0.05, 0) is 12.1 Å². The average Bonchev–Trinajstić information content (AvgIpc) is 2.43. The number of nitrogens with zero attached hydrogens (tertiary/aromatic N) is 1. The van der Waals surface area contributed by atoms with Crippen LogP contribution >= 0.6 is 0 Å². The molecular formula is C12H16N2O4. The summed E-state index contributed by atoms with van der Waals surface area (Å²) in [6, 6.07) is 3.38. The molecule has 0 aliphatic carbocycles. The molecule has 6 heteroatoms. The van der Waals surface area contributed by atoms with Gasteiger partial charge in [0.25, 0.3) is 0 Å². The monoisotopic (exact) mass is 252 g/mol. The average molecular weight is 252 g/mol. The van der Waals surface area contributed by atoms with Gasteiger partial charge in [-0.3, -0.25) is 9.78 Å². The molecular weight excluding hydrogens is 236 g/mol. The quantitative estimate of drug-likeness (QED) is 0.587. The van der Waals surface area contributed by atoms with Crippen molar-refractivity contribution in [1.29, 1.82) is 0 Å². The summed E-state index contributed by atoms with van der Waals surface area (Å²) in [6.45, 7) is 1.05. The lowest BCUT2D eigenvalue weighted by Gasteiger charge is -2.04. The van der Waals surface area contributed by atoms with Crippen LogP contribution in [-0.2, 0) is 20.8 Å². The Bertz CT molecular complexity index is 403. The number of methoxy groups -OCH3 is 2. The van der Waals surface area contributed by atoms with Crippen LogP contribution in [0.5, 0.6) is 0 Å². The smallest absolute Gasteiger partial charge is 0.339 e. The minimum atomic E-state index is -0.410. The maximum atomic E-state index is 11.2. The van der Waals surface area contributed by atoms with Gasteiger partial charge in [0.2, 0.25) is 0 Å². The number of aromatic nitrogens is 1. The third-order valence-electron chi connectivity index (χ3n) is 2.29. The number of nitrogens with one attached hydrogen (secondary N) is 1. The number of rotatable bonds is 6. The van der Waals surface area contributed by atoms with Gasteiger partial charge < -0.3 is 14.8 Å². The van der Waals surface area contributed by atoms with Gasteiger partial charge in [0.15, 0.2) is 0 Å². The molecule has 1 heterocycles. The summed E-state index contributed by atoms with van der Waals surface area (Å²) in [5.74, 6) is -0.663. The molecule has 0 saturated heterocycles. The molecule has 0 unspecified atom stereocenters. The Hall–Kier alpha value is -1.95. The van der Waals surface area contributed by atoms with Crippen LogP contribution in [0.25, 0.3) is 0 Å². The van der Waals surface area contributed by atoms with Crippen LogP contribution < -0.4 is 5.32 Å². The molecule has 1 rings (SSSR count). The van der Waals surface area contributed by atoms with Crippen LogP contribution in [0.4, 0.5) is 0 Å². The first-order chi connectivity index (χ1) is 8.67. The maximum absolute atomic E-state index is 11.2. The SMILES string of the molecule is COC(=O)CCNCc1ccc(C(=O)OC)cn1. The van der Waals surface area contributed by atoms with Gasteiger partial charge in [0.05, 0.1) is 31.9 Å². The molecule has 98 valence electrons. The summed E-state index contributed by atoms with van der Waals surface area (Å²) >= 11 is 0. The lowest BCUT2D eigenvalue weighted by molar-refractivity contribution is -0.140. The lowest BCUT2D eigenvalue weighted by Crippen LogP contribution is -2.19. The first-order valence-corrected chi connectivity index (χ1v) is 5.48. The molecule has 1 aromatic heterocycles. The molecule has 0 amide bonds. The topological polar surface area (TPSA) is 77.5 Å². The van der Waals surface area contributed by atoms with E-state index in [2.05, 4.69) is 19.8 Å². The summed E-state index contributed by atoms with van der Waals surface area (Å²) in [6.07, 6.45) is 1.78. The highest BCUT2D eigenvalue weighted by Gasteiger charge is 2.05. The molecule has 1 aromatic rings. The minimum absolute atomic E-state index is 0.253. The Morgan fingerprint density at radius 3 is 2.61 bits per heavy atom. The van der Waals surface area contributed by atoms with Gasteiger partial charge in [-0.25, -0.2) is 4.79 Å². The highest BCUT2D eigenvalue weighted by molar-refractivity contribution is 5.88. The van der Waals surface area contributed by atoms with Crippen molar-refractivity contribution in [3.8, 4) is 0 Å². The highest BCUT2D eigenvalue weighted by Crippen LogP contribution is 2.01. The van der Waals surface area contributed by atoms with E-state index in [1.165, 1.54) is 20.4 Å². The summed E-state index contributed by atoms with van der Waals surface area (Å²) in [7, 11) is 2.68. The third kappa shape index (κ3) is 4.50. The molecule has 0 saturated carbocycles. The van der Waals surface area contributed by atoms with Gasteiger partial charge in [-0.1, -0.05) is 0 Å². The molecule has 0 spiro atoms. The predicted molar refractivity (Wildman–Crippen MR) is 63.9 cm³/mol. The second-order valence-corrected chi connectivity index (χ2v) is 3.53. The van der Waals surface area contributed by atoms with E-state index in [0.29, 0.717) is 25.1 Å². The molecule has 0 bridgehead atoms. The van der Waals surface area contributed by atoms with Crippen LogP contribution in [-0.4, -0.2) is 37.7 Å². The van der Waals surface area contributed by atoms with Crippen molar-refractivity contribution in [2.24, 2.45) is 0 Å². The Labute approximate surface area is 105 Å². The number of esters is 2. The first-order valence-electron chi connectivity index (χ1n) is 5.48. The fourth-order valence-corrected chi connectivity index (χ4v) is 1.28. The van der Waals surface area contributed by atoms with Crippen LogP contribution in [0.2, 0.25) is 0 Å². The van der Waals surface area contributed by atoms with Crippen molar-refractivity contribution in [2.45, 2.75) is 13.0 Å². The molecule has 1 N–H and O–H groups in total. The van der Waals surface area contributed by atoms with Gasteiger partial charge in [0, 0.05) is 19.3 Å². The van der Waals surface area contributed by atoms with E-state index < -0.39 is 5.97 Å². The molecule has 0 atom stereocenters. The van der Waals surface area contributed by atoms with E-state index >= 15 is 0 Å². The largest absolute Gasteiger partial charge is 0.469 e. The van der Waals surface area contributed by atoms with E-state index in [9.17, 15) is 9.59 Å². The van der Waals surface area contributed by atoms with Crippen LogP contribution in [0.3, 0.4) is 0 Å². The van der Waals surface area contributed by atoms with Crippen LogP contribution in [0.1, 0.15) is 22.5 Å². The Morgan fingerprint density at radius 1 is 1.28 bits per heavy atom. The zero-order valence-electron chi connectivity index (χ0n) is 10.4. The fraction of sp³-hybridized carbons (Fsp3) is 0.417. The van der Waals surface area contributed by atoms with E-state index in [1.807, 2.05) is 0 Å². The number of ether oxygens (including phenoxy) is 2. The van der Waals surface area contributed by atoms with Crippen molar-refractivity contribution in [1.82, 2.24) is 10.3 Å². The van der Waals surface area contributed by atoms with Gasteiger partial charge in [0.1, 0.15) is 0 Å². The molecule has 18 heavy (non-hydrogen) atoms. The van der Waals surface area contributed by atoms with Crippen molar-refractivity contribution in [3.63, 3.8) is 0 Å². The van der Waals surface area contributed by atoms with Crippen molar-refractivity contribution >= 4 is 11.9 Å². The third-order valence-corrected chi connectivity index (χ3v) is 2.29. The number of carbonyl (C=O) groups is 2. The summed E-state index contributed by atoms with van der Waals surface area (Å²) in [5, 5.41) is 3.05. The number of carbonyl (C=O) groups excluding carboxylic acids is 2. The van der Waals surface area contributed by atoms with Crippen LogP contribution in [0.15, 0.2) is 18.3 Å². The Morgan fingerprint density at radius 2 is 2.06 bits per heavy atom. The number of pyridine rings is 1. The van der Waals surface area contributed by atoms with Crippen LogP contribution in [0, 0.1) is 0 Å². The van der Waals surface area contributed by atoms with Gasteiger partial charge in [-0.2, -0.15) is 0 Å². The Kier molecular flexibility index (Phi) is 5.79. The van der Waals surface area contributed by atoms with Crippen molar-refractivity contribution < 1.29 is 19.1 Å². The number of hydrogen-bond donors (Lipinski definition) is 1. The van der Waals surface area contributed by atoms with Crippen molar-refractivity contribution in [3.05, 3.63) is 29.6 Å². The number of hydrogen-bond acceptors (Lipinski definition) is 6. The lowest BCUT2D eigenvalue weighted by atomic mass is 10.2. The normalized spacial score (nSPS) is 9.89. The summed E-state index contributed by atoms with van der Waals surface area (Å²) in [5.41, 5.74) is 1.20. The van der Waals surface area contributed by atoms with E-state index in [4.69, 9.17) is 0 Å². The summed E-state index contributed by atoms with van der Waals surface area (Å²) < 4.78 is 9.08. The van der Waals surface area contributed by atoms with E-state index in [0.717, 1.165) is 5.69 Å². The summed E-state index contributed by atoms with van der Waals surface area (Å²) in [4.78, 5) is 26.1. The molecule has 0 aliphatic rings. The molecule has 0 aromatic carbocycles. The maximum Gasteiger partial charge on any atom is 0.339 e. The van der Waals surface area contributed by atoms with E-state index in [1.54, 1.807) is 12.1 Å². The first kappa shape index (κ1) is 14.1. The highest BCUT2D eigenvalue weighted by atomic mass is 16.5. The zero-order valence-corrected chi connectivity index (χ0v) is 10.4. The van der Waals surface area contributed by atoms with Gasteiger partial charge in [-0.15, -0.1) is 0 Å². The zero-order chi connectivity index (χ0) is 13.4. The second-order valence-electron chi connectivity index (χ2n) is 3.53. The second kappa shape index (κ2) is 7.39. The molecule has 0 aliphatic heterocycles. The Balaban J connectivity index is 2.35. The predicted octanol–water partition coefficient (Wildman–Crippen LogP) is 0.521. The molecule has 0 radical (unpaired) electrons. The van der Waals surface area contributed by atoms with Crippen molar-refractivity contribution in [2.75, 3.05) is 20.8 Å². The standard InChI is InChI=1S/C12H16N2O4/c1-17-11(15)5-6-13-8-10-4-3-9(7-14-10)12(16)18-2/h3-4,7,13H,5-6,8H2,1-2H3.